The van der Waals surface area contributed by atoms with E-state index in [-0.39, 0.29) is 21.1 Å². The number of carbonyl (C=O) groups is 2. The number of carbonyl (C=O) groups excluding carboxylic acids is 2. The number of amides is 2. The molecule has 2 aromatic rings. The average Bonchev–Trinajstić information content (AvgIpc) is 2.78. The molecule has 10 nitrogen and oxygen atoms in total. The molecule has 0 spiro atoms. The Morgan fingerprint density at radius 3 is 1.18 bits per heavy atom. The number of benzene rings is 2. The van der Waals surface area contributed by atoms with Crippen molar-refractivity contribution < 1.29 is 50.5 Å². The second kappa shape index (κ2) is 14.0. The van der Waals surface area contributed by atoms with E-state index in [0.29, 0.717) is 0 Å². The van der Waals surface area contributed by atoms with Crippen molar-refractivity contribution in [2.24, 2.45) is 9.98 Å². The normalized spacial score (nSPS) is 11.3. The molecule has 0 bridgehead atoms. The Balaban J connectivity index is 0.000000722. The minimum Gasteiger partial charge on any atom is -0.465 e. The van der Waals surface area contributed by atoms with Crippen LogP contribution in [0.4, 0.5) is 9.59 Å². The van der Waals surface area contributed by atoms with Crippen LogP contribution in [-0.2, 0) is 52.8 Å². The summed E-state index contributed by atoms with van der Waals surface area (Å²) in [6, 6.07) is 14.7. The number of nitrogens with one attached hydrogen (secondary N) is 2. The van der Waals surface area contributed by atoms with Gasteiger partial charge in [0.05, 0.1) is 22.2 Å². The molecule has 39 heavy (non-hydrogen) atoms. The van der Waals surface area contributed by atoms with E-state index in [2.05, 4.69) is 20.6 Å². The van der Waals surface area contributed by atoms with Crippen LogP contribution in [0, 0.1) is 0 Å². The Kier molecular flexibility index (Phi) is 12.7. The van der Waals surface area contributed by atoms with Crippen molar-refractivity contribution in [1.29, 1.82) is 0 Å². The summed E-state index contributed by atoms with van der Waals surface area (Å²) < 4.78 is 0. The van der Waals surface area contributed by atoms with Crippen LogP contribution in [0.3, 0.4) is 0 Å². The van der Waals surface area contributed by atoms with Crippen molar-refractivity contribution in [3.05, 3.63) is 70.8 Å². The van der Waals surface area contributed by atoms with Crippen LogP contribution in [0.25, 0.3) is 0 Å². The van der Waals surface area contributed by atoms with Gasteiger partial charge in [0.15, 0.2) is 0 Å². The largest absolute Gasteiger partial charge is 0.465 e. The van der Waals surface area contributed by atoms with Gasteiger partial charge in [-0.05, 0) is 77.6 Å². The minimum absolute atomic E-state index is 0. The summed E-state index contributed by atoms with van der Waals surface area (Å²) in [5, 5.41) is 22.6. The fourth-order valence-electron chi connectivity index (χ4n) is 3.61. The summed E-state index contributed by atoms with van der Waals surface area (Å²) in [5.41, 5.74) is 0.463. The van der Waals surface area contributed by atoms with Gasteiger partial charge < -0.3 is 20.8 Å². The van der Waals surface area contributed by atoms with Crippen LogP contribution in [0.2, 0.25) is 0 Å². The first-order chi connectivity index (χ1) is 17.4. The van der Waals surface area contributed by atoms with E-state index in [1.807, 2.05) is 48.5 Å². The monoisotopic (exact) mass is 708 g/mol. The van der Waals surface area contributed by atoms with Gasteiger partial charge in [0.1, 0.15) is 0 Å². The molecule has 0 saturated heterocycles. The number of hydrogen-bond acceptors (Lipinski definition) is 6. The van der Waals surface area contributed by atoms with Gasteiger partial charge in [-0.15, -0.1) is 0 Å². The van der Waals surface area contributed by atoms with Crippen molar-refractivity contribution >= 4 is 24.3 Å². The Morgan fingerprint density at radius 1 is 0.641 bits per heavy atom. The zero-order valence-electron chi connectivity index (χ0n) is 23.4. The number of carboxylic acid groups (broad SMARTS) is 2. The topological polar surface area (TPSA) is 158 Å². The molecule has 0 aliphatic heterocycles. The molecule has 0 aliphatic carbocycles. The zero-order valence-corrected chi connectivity index (χ0v) is 26.4. The van der Waals surface area contributed by atoms with Crippen LogP contribution in [-0.4, -0.2) is 34.6 Å². The Labute approximate surface area is 243 Å². The van der Waals surface area contributed by atoms with Crippen LogP contribution in [0.5, 0.6) is 0 Å². The van der Waals surface area contributed by atoms with Gasteiger partial charge in [-0.1, -0.05) is 48.5 Å². The Morgan fingerprint density at radius 2 is 0.923 bits per heavy atom. The first kappa shape index (κ1) is 35.4. The average molecular weight is 708 g/mol. The Bertz CT molecular complexity index is 1160. The molecular formula is C28H36N4O6W. The third-order valence-corrected chi connectivity index (χ3v) is 6.07. The summed E-state index contributed by atoms with van der Waals surface area (Å²) in [6.45, 7) is 14.3. The van der Waals surface area contributed by atoms with Crippen LogP contribution >= 0.6 is 0 Å². The maximum Gasteiger partial charge on any atom is 0.405 e. The van der Waals surface area contributed by atoms with Crippen LogP contribution in [0.1, 0.15) is 77.6 Å². The van der Waals surface area contributed by atoms with Gasteiger partial charge in [-0.2, -0.15) is 9.98 Å². The summed E-state index contributed by atoms with van der Waals surface area (Å²) >= 11 is 0. The van der Waals surface area contributed by atoms with Gasteiger partial charge >= 0.3 is 12.2 Å². The second-order valence-corrected chi connectivity index (χ2v) is 10.8. The van der Waals surface area contributed by atoms with E-state index >= 15 is 0 Å². The van der Waals surface area contributed by atoms with Crippen molar-refractivity contribution in [2.75, 3.05) is 0 Å². The molecule has 0 aromatic heterocycles. The van der Waals surface area contributed by atoms with Gasteiger partial charge in [0.25, 0.3) is 0 Å². The summed E-state index contributed by atoms with van der Waals surface area (Å²) in [4.78, 5) is 50.0. The van der Waals surface area contributed by atoms with E-state index in [1.54, 1.807) is 67.5 Å². The number of nitrogens with zero attached hydrogens (tertiary/aromatic N) is 2. The third-order valence-electron chi connectivity index (χ3n) is 6.07. The van der Waals surface area contributed by atoms with Crippen molar-refractivity contribution in [2.45, 2.75) is 77.5 Å². The fraction of sp³-hybridized carbons (Fsp3) is 0.429. The molecule has 0 fully saturated rings. The zero-order chi connectivity index (χ0) is 29.4. The molecule has 0 atom stereocenters. The van der Waals surface area contributed by atoms with Gasteiger partial charge in [0, 0.05) is 21.1 Å². The maximum absolute atomic E-state index is 10.8. The molecule has 2 rings (SSSR count). The molecule has 0 aliphatic rings. The Hall–Kier alpha value is -3.57. The van der Waals surface area contributed by atoms with E-state index in [0.717, 1.165) is 22.3 Å². The number of rotatable bonds is 8. The molecule has 210 valence electrons. The molecular weight excluding hydrogens is 672 g/mol. The molecule has 0 radical (unpaired) electrons. The fourth-order valence-corrected chi connectivity index (χ4v) is 3.61. The molecule has 11 heteroatoms. The summed E-state index contributed by atoms with van der Waals surface area (Å²) in [6.07, 6.45) is 0.959. The SMILES string of the molecule is CC(C)(N=C=O)c1cccc(C(C)(C)NC(=O)O)c1.CC(C)(N=C=O)c1cccc(C(C)(C)NC(=O)O)c1.[W]. The van der Waals surface area contributed by atoms with Crippen molar-refractivity contribution in [3.8, 4) is 0 Å². The first-order valence-corrected chi connectivity index (χ1v) is 11.8. The smallest absolute Gasteiger partial charge is 0.405 e. The predicted molar refractivity (Wildman–Crippen MR) is 144 cm³/mol. The predicted octanol–water partition coefficient (Wildman–Crippen LogP) is 5.52. The third kappa shape index (κ3) is 10.6. The molecule has 0 heterocycles. The summed E-state index contributed by atoms with van der Waals surface area (Å²) in [7, 11) is 0. The summed E-state index contributed by atoms with van der Waals surface area (Å²) in [5.74, 6) is 0. The van der Waals surface area contributed by atoms with Gasteiger partial charge in [0.2, 0.25) is 12.2 Å². The van der Waals surface area contributed by atoms with Crippen LogP contribution in [0.15, 0.2) is 58.5 Å². The van der Waals surface area contributed by atoms with Crippen molar-refractivity contribution in [3.63, 3.8) is 0 Å². The van der Waals surface area contributed by atoms with E-state index in [1.165, 1.54) is 0 Å². The van der Waals surface area contributed by atoms with E-state index in [4.69, 9.17) is 10.2 Å². The molecule has 2 amide bonds. The standard InChI is InChI=1S/2C14H18N2O3.W/c2*1-13(2,15-9-17)10-6-5-7-11(8-10)14(3,4)16-12(18)19;/h2*5-8,16H,1-4H3,(H,18,19);. The maximum atomic E-state index is 10.8. The van der Waals surface area contributed by atoms with Crippen LogP contribution < -0.4 is 10.6 Å². The van der Waals surface area contributed by atoms with Crippen molar-refractivity contribution in [1.82, 2.24) is 10.6 Å². The quantitative estimate of drug-likeness (QED) is 0.209. The first-order valence-electron chi connectivity index (χ1n) is 11.8. The molecule has 4 N–H and O–H groups in total. The number of isocyanates is 2. The minimum atomic E-state index is -1.08. The molecule has 0 saturated carbocycles. The van der Waals surface area contributed by atoms with Gasteiger partial charge in [-0.3, -0.25) is 0 Å². The second-order valence-electron chi connectivity index (χ2n) is 10.8. The molecule has 2 aromatic carbocycles. The number of aliphatic imine (C=N–C) groups is 2. The van der Waals surface area contributed by atoms with E-state index < -0.39 is 34.3 Å². The number of hydrogen-bond donors (Lipinski definition) is 4. The van der Waals surface area contributed by atoms with Gasteiger partial charge in [-0.25, -0.2) is 19.2 Å². The van der Waals surface area contributed by atoms with E-state index in [9.17, 15) is 19.2 Å². The molecule has 0 unspecified atom stereocenters.